The second-order valence-corrected chi connectivity index (χ2v) is 5.29. The number of rotatable bonds is 4. The molecule has 0 aromatic heterocycles. The van der Waals surface area contributed by atoms with Gasteiger partial charge >= 0.3 is 5.97 Å². The van der Waals surface area contributed by atoms with Crippen molar-refractivity contribution in [2.75, 3.05) is 7.05 Å². The lowest BCUT2D eigenvalue weighted by molar-refractivity contribution is -0.158. The van der Waals surface area contributed by atoms with Crippen LogP contribution < -0.4 is 5.32 Å². The van der Waals surface area contributed by atoms with E-state index in [9.17, 15) is 4.79 Å². The van der Waals surface area contributed by atoms with Crippen LogP contribution in [0.15, 0.2) is 35.6 Å². The van der Waals surface area contributed by atoms with Crippen LogP contribution in [0.4, 0.5) is 0 Å². The Balaban J connectivity index is 2.53. The van der Waals surface area contributed by atoms with E-state index in [0.29, 0.717) is 5.92 Å². The minimum absolute atomic E-state index is 0.113. The molecule has 0 spiro atoms. The number of carbonyl (C=O) groups excluding carboxylic acids is 1. The van der Waals surface area contributed by atoms with Gasteiger partial charge in [0, 0.05) is 18.3 Å². The summed E-state index contributed by atoms with van der Waals surface area (Å²) >= 11 is 0. The van der Waals surface area contributed by atoms with Crippen molar-refractivity contribution in [2.45, 2.75) is 32.8 Å². The smallest absolute Gasteiger partial charge is 0.314 e. The summed E-state index contributed by atoms with van der Waals surface area (Å²) in [5.74, 6) is 0.0658. The van der Waals surface area contributed by atoms with Gasteiger partial charge in [0.25, 0.3) is 0 Å². The van der Waals surface area contributed by atoms with E-state index in [1.165, 1.54) is 0 Å². The van der Waals surface area contributed by atoms with Crippen molar-refractivity contribution in [1.82, 2.24) is 5.32 Å². The first-order chi connectivity index (χ1) is 8.47. The molecule has 2 heterocycles. The number of likely N-dealkylation sites (N-methyl/N-ethyl adjacent to an activating group) is 1. The van der Waals surface area contributed by atoms with Crippen LogP contribution in [-0.2, 0) is 9.53 Å². The first kappa shape index (κ1) is 12.9. The van der Waals surface area contributed by atoms with Crippen LogP contribution in [-0.4, -0.2) is 19.1 Å². The maximum atomic E-state index is 11.9. The first-order valence-corrected chi connectivity index (χ1v) is 6.48. The molecule has 2 bridgehead atoms. The Kier molecular flexibility index (Phi) is 3.33. The summed E-state index contributed by atoms with van der Waals surface area (Å²) in [6.07, 6.45) is 1.63. The Bertz CT molecular complexity index is 445. The molecule has 3 rings (SSSR count). The van der Waals surface area contributed by atoms with Gasteiger partial charge in [0.15, 0.2) is 0 Å². The summed E-state index contributed by atoms with van der Waals surface area (Å²) in [6.45, 7) is 12.4. The number of ether oxygens (including phenoxy) is 1. The lowest BCUT2D eigenvalue weighted by atomic mass is 9.73. The van der Waals surface area contributed by atoms with Crippen molar-refractivity contribution in [1.29, 1.82) is 0 Å². The number of allylic oxidation sites excluding steroid dienone is 1. The standard InChI is InChI=1S/C15H21NO2/c1-8(2)9(3)13-12-7-6-11(15(17)18-12)14(13)10(4)16-5/h8,11-12,16H,3-4,6-7H2,1-2,5H3. The summed E-state index contributed by atoms with van der Waals surface area (Å²) in [5, 5.41) is 3.06. The molecule has 1 aliphatic carbocycles. The van der Waals surface area contributed by atoms with Crippen LogP contribution in [0, 0.1) is 11.8 Å². The maximum Gasteiger partial charge on any atom is 0.314 e. The molecule has 2 unspecified atom stereocenters. The minimum atomic E-state index is -0.166. The second kappa shape index (κ2) is 4.63. The zero-order valence-electron chi connectivity index (χ0n) is 11.4. The minimum Gasteiger partial charge on any atom is -0.457 e. The third-order valence-corrected chi connectivity index (χ3v) is 3.89. The Morgan fingerprint density at radius 3 is 2.50 bits per heavy atom. The van der Waals surface area contributed by atoms with Gasteiger partial charge in [-0.05, 0) is 29.9 Å². The second-order valence-electron chi connectivity index (χ2n) is 5.29. The summed E-state index contributed by atoms with van der Waals surface area (Å²) in [5.41, 5.74) is 3.99. The zero-order valence-corrected chi connectivity index (χ0v) is 11.4. The molecule has 0 aromatic carbocycles. The van der Waals surface area contributed by atoms with E-state index in [0.717, 1.165) is 35.3 Å². The van der Waals surface area contributed by atoms with E-state index in [1.54, 1.807) is 0 Å². The zero-order chi connectivity index (χ0) is 13.4. The molecule has 18 heavy (non-hydrogen) atoms. The van der Waals surface area contributed by atoms with Gasteiger partial charge in [0.05, 0.1) is 5.92 Å². The van der Waals surface area contributed by atoms with Gasteiger partial charge in [-0.3, -0.25) is 4.79 Å². The quantitative estimate of drug-likeness (QED) is 0.776. The molecule has 1 fully saturated rings. The van der Waals surface area contributed by atoms with Gasteiger partial charge in [-0.15, -0.1) is 0 Å². The normalized spacial score (nSPS) is 26.3. The monoisotopic (exact) mass is 247 g/mol. The predicted molar refractivity (Wildman–Crippen MR) is 71.8 cm³/mol. The van der Waals surface area contributed by atoms with Gasteiger partial charge in [-0.1, -0.05) is 27.0 Å². The molecule has 0 radical (unpaired) electrons. The molecule has 1 N–H and O–H groups in total. The fourth-order valence-corrected chi connectivity index (χ4v) is 2.74. The van der Waals surface area contributed by atoms with Crippen LogP contribution in [0.5, 0.6) is 0 Å². The predicted octanol–water partition coefficient (Wildman–Crippen LogP) is 2.56. The largest absolute Gasteiger partial charge is 0.457 e. The highest BCUT2D eigenvalue weighted by molar-refractivity contribution is 5.82. The number of nitrogens with one attached hydrogen (secondary N) is 1. The van der Waals surface area contributed by atoms with Gasteiger partial charge in [0.1, 0.15) is 6.10 Å². The fraction of sp³-hybridized carbons (Fsp3) is 0.533. The average molecular weight is 247 g/mol. The molecule has 2 atom stereocenters. The number of hydrogen-bond donors (Lipinski definition) is 1. The Morgan fingerprint density at radius 2 is 2.00 bits per heavy atom. The Labute approximate surface area is 109 Å². The Hall–Kier alpha value is -1.51. The number of carbonyl (C=O) groups is 1. The van der Waals surface area contributed by atoms with E-state index in [1.807, 2.05) is 7.05 Å². The van der Waals surface area contributed by atoms with E-state index in [-0.39, 0.29) is 18.0 Å². The van der Waals surface area contributed by atoms with Gasteiger partial charge < -0.3 is 10.1 Å². The number of hydrogen-bond acceptors (Lipinski definition) is 3. The lowest BCUT2D eigenvalue weighted by Gasteiger charge is -2.40. The average Bonchev–Trinajstić information content (AvgIpc) is 2.36. The van der Waals surface area contributed by atoms with Crippen LogP contribution in [0.2, 0.25) is 0 Å². The lowest BCUT2D eigenvalue weighted by Crippen LogP contribution is -2.42. The molecule has 0 aromatic rings. The van der Waals surface area contributed by atoms with Crippen molar-refractivity contribution >= 4 is 5.97 Å². The van der Waals surface area contributed by atoms with Crippen LogP contribution in [0.1, 0.15) is 26.7 Å². The topological polar surface area (TPSA) is 38.3 Å². The van der Waals surface area contributed by atoms with Gasteiger partial charge in [-0.25, -0.2) is 0 Å². The molecule has 0 saturated carbocycles. The molecular weight excluding hydrogens is 226 g/mol. The highest BCUT2D eigenvalue weighted by Gasteiger charge is 2.44. The summed E-state index contributed by atoms with van der Waals surface area (Å²) in [7, 11) is 1.83. The molecule has 98 valence electrons. The summed E-state index contributed by atoms with van der Waals surface area (Å²) in [4.78, 5) is 11.9. The molecule has 1 saturated heterocycles. The van der Waals surface area contributed by atoms with Gasteiger partial charge in [-0.2, -0.15) is 0 Å². The maximum absolute atomic E-state index is 11.9. The van der Waals surface area contributed by atoms with Crippen LogP contribution in [0.3, 0.4) is 0 Å². The molecule has 3 heteroatoms. The molecular formula is C15H21NO2. The molecule has 3 nitrogen and oxygen atoms in total. The molecule has 0 amide bonds. The third kappa shape index (κ3) is 1.88. The fourth-order valence-electron chi connectivity index (χ4n) is 2.74. The highest BCUT2D eigenvalue weighted by atomic mass is 16.5. The van der Waals surface area contributed by atoms with Crippen molar-refractivity contribution in [3.8, 4) is 0 Å². The van der Waals surface area contributed by atoms with Crippen molar-refractivity contribution in [3.05, 3.63) is 35.6 Å². The number of fused-ring (bicyclic) bond motifs is 2. The summed E-state index contributed by atoms with van der Waals surface area (Å²) < 4.78 is 5.47. The van der Waals surface area contributed by atoms with Crippen LogP contribution >= 0.6 is 0 Å². The van der Waals surface area contributed by atoms with Gasteiger partial charge in [0.2, 0.25) is 0 Å². The van der Waals surface area contributed by atoms with E-state index >= 15 is 0 Å². The SMILES string of the molecule is C=C(NC)C1=C(C(=C)C(C)C)C2CCC1C(=O)O2. The molecule has 3 aliphatic rings. The number of esters is 1. The van der Waals surface area contributed by atoms with Crippen LogP contribution in [0.25, 0.3) is 0 Å². The van der Waals surface area contributed by atoms with Crippen molar-refractivity contribution < 1.29 is 9.53 Å². The first-order valence-electron chi connectivity index (χ1n) is 6.48. The van der Waals surface area contributed by atoms with Crippen molar-refractivity contribution in [2.24, 2.45) is 11.8 Å². The van der Waals surface area contributed by atoms with E-state index in [2.05, 4.69) is 32.3 Å². The third-order valence-electron chi connectivity index (χ3n) is 3.89. The Morgan fingerprint density at radius 1 is 1.33 bits per heavy atom. The highest BCUT2D eigenvalue weighted by Crippen LogP contribution is 2.44. The van der Waals surface area contributed by atoms with E-state index in [4.69, 9.17) is 4.74 Å². The van der Waals surface area contributed by atoms with Crippen molar-refractivity contribution in [3.63, 3.8) is 0 Å². The molecule has 2 aliphatic heterocycles. The van der Waals surface area contributed by atoms with E-state index < -0.39 is 0 Å². The summed E-state index contributed by atoms with van der Waals surface area (Å²) in [6, 6.07) is 0.